The lowest BCUT2D eigenvalue weighted by Gasteiger charge is -2.03. The zero-order valence-electron chi connectivity index (χ0n) is 7.11. The highest BCUT2D eigenvalue weighted by Crippen LogP contribution is 1.94. The van der Waals surface area contributed by atoms with E-state index in [0.29, 0.717) is 0 Å². The van der Waals surface area contributed by atoms with E-state index in [1.54, 1.807) is 13.8 Å². The molecule has 0 aliphatic rings. The van der Waals surface area contributed by atoms with Gasteiger partial charge in [-0.1, -0.05) is 13.8 Å². The Kier molecular flexibility index (Phi) is 12.3. The second-order valence-electron chi connectivity index (χ2n) is 2.14. The van der Waals surface area contributed by atoms with Crippen molar-refractivity contribution >= 4 is 14.7 Å². The number of aliphatic hydroxyl groups is 1. The molecule has 0 amide bonds. The third kappa shape index (κ3) is 12.2. The maximum Gasteiger partial charge on any atom is 0.491 e. The van der Waals surface area contributed by atoms with Gasteiger partial charge in [0.05, 0.1) is 12.5 Å². The molecule has 0 aromatic carbocycles. The first-order valence-electron chi connectivity index (χ1n) is 3.38. The third-order valence-electron chi connectivity index (χ3n) is 0.807. The van der Waals surface area contributed by atoms with Crippen molar-refractivity contribution in [1.29, 1.82) is 0 Å². The predicted octanol–water partition coefficient (Wildman–Crippen LogP) is 0.0956. The van der Waals surface area contributed by atoms with Crippen molar-refractivity contribution in [1.82, 2.24) is 0 Å². The van der Waals surface area contributed by atoms with Crippen LogP contribution in [0.25, 0.3) is 0 Å². The standard InChI is InChI=1S/C6H12O3.HO2P/c1-5(2)6(8)9-4-3-7;1-3-2/h5,7H,3-4H2,1-2H3;3H/p+1. The van der Waals surface area contributed by atoms with Gasteiger partial charge in [-0.2, -0.15) is 4.89 Å². The summed E-state index contributed by atoms with van der Waals surface area (Å²) in [5.74, 6) is -0.361. The molecule has 0 radical (unpaired) electrons. The van der Waals surface area contributed by atoms with Crippen molar-refractivity contribution in [3.63, 3.8) is 0 Å². The molecule has 6 heteroatoms. The van der Waals surface area contributed by atoms with Crippen molar-refractivity contribution in [2.75, 3.05) is 13.2 Å². The summed E-state index contributed by atoms with van der Waals surface area (Å²) >= 11 is 0. The summed E-state index contributed by atoms with van der Waals surface area (Å²) in [7, 11) is -1.17. The molecule has 72 valence electrons. The first-order valence-corrected chi connectivity index (χ1v) is 4.24. The predicted molar refractivity (Wildman–Crippen MR) is 44.1 cm³/mol. The monoisotopic (exact) mass is 197 g/mol. The molecule has 0 aromatic heterocycles. The van der Waals surface area contributed by atoms with E-state index in [0.717, 1.165) is 0 Å². The Hall–Kier alpha value is -0.510. The van der Waals surface area contributed by atoms with Crippen molar-refractivity contribution in [3.05, 3.63) is 0 Å². The molecule has 0 saturated carbocycles. The SMILES string of the molecule is CC(C)C(=O)OCCO.O=[PH+]O. The maximum atomic E-state index is 10.6. The summed E-state index contributed by atoms with van der Waals surface area (Å²) in [6.07, 6.45) is 0. The summed E-state index contributed by atoms with van der Waals surface area (Å²) in [6, 6.07) is 0. The van der Waals surface area contributed by atoms with Crippen LogP contribution in [0.5, 0.6) is 0 Å². The maximum absolute atomic E-state index is 10.6. The molecule has 0 rings (SSSR count). The molecule has 1 unspecified atom stereocenters. The zero-order chi connectivity index (χ0) is 9.98. The minimum atomic E-state index is -1.17. The van der Waals surface area contributed by atoms with E-state index in [1.807, 2.05) is 0 Å². The summed E-state index contributed by atoms with van der Waals surface area (Å²) in [5, 5.41) is 8.22. The fourth-order valence-electron chi connectivity index (χ4n) is 0.313. The van der Waals surface area contributed by atoms with Gasteiger partial charge in [-0.25, -0.2) is 0 Å². The van der Waals surface area contributed by atoms with Gasteiger partial charge in [-0.15, -0.1) is 0 Å². The number of carbonyl (C=O) groups is 1. The van der Waals surface area contributed by atoms with Crippen molar-refractivity contribution in [2.45, 2.75) is 13.8 Å². The smallest absolute Gasteiger partial charge is 0.463 e. The van der Waals surface area contributed by atoms with Crippen LogP contribution in [0.3, 0.4) is 0 Å². The van der Waals surface area contributed by atoms with Crippen LogP contribution in [-0.4, -0.2) is 29.2 Å². The first kappa shape index (κ1) is 14.0. The highest BCUT2D eigenvalue weighted by molar-refractivity contribution is 7.16. The molecule has 0 heterocycles. The van der Waals surface area contributed by atoms with Gasteiger partial charge in [0.1, 0.15) is 6.61 Å². The summed E-state index contributed by atoms with van der Waals surface area (Å²) in [4.78, 5) is 17.6. The first-order chi connectivity index (χ1) is 5.59. The normalized spacial score (nSPS) is 9.08. The number of esters is 1. The van der Waals surface area contributed by atoms with Gasteiger partial charge >= 0.3 is 14.7 Å². The molecule has 5 nitrogen and oxygen atoms in total. The highest BCUT2D eigenvalue weighted by atomic mass is 31.1. The Balaban J connectivity index is 0. The van der Waals surface area contributed by atoms with Crippen molar-refractivity contribution in [2.24, 2.45) is 5.92 Å². The molecule has 0 aromatic rings. The molecule has 0 spiro atoms. The lowest BCUT2D eigenvalue weighted by Crippen LogP contribution is -2.13. The van der Waals surface area contributed by atoms with Gasteiger partial charge in [0.2, 0.25) is 0 Å². The van der Waals surface area contributed by atoms with Gasteiger partial charge in [0.25, 0.3) is 0 Å². The van der Waals surface area contributed by atoms with Crippen molar-refractivity contribution < 1.29 is 24.1 Å². The lowest BCUT2D eigenvalue weighted by atomic mass is 10.2. The van der Waals surface area contributed by atoms with E-state index < -0.39 is 8.69 Å². The van der Waals surface area contributed by atoms with Crippen LogP contribution in [0.2, 0.25) is 0 Å². The number of hydrogen-bond donors (Lipinski definition) is 2. The van der Waals surface area contributed by atoms with E-state index in [1.165, 1.54) is 0 Å². The number of rotatable bonds is 3. The number of aliphatic hydroxyl groups excluding tert-OH is 1. The van der Waals surface area contributed by atoms with Gasteiger partial charge in [-0.05, 0) is 4.57 Å². The van der Waals surface area contributed by atoms with Gasteiger partial charge < -0.3 is 9.84 Å². The molecule has 1 atom stereocenters. The Labute approximate surface area is 72.6 Å². The van der Waals surface area contributed by atoms with Crippen LogP contribution < -0.4 is 0 Å². The van der Waals surface area contributed by atoms with Crippen LogP contribution in [-0.2, 0) is 14.1 Å². The van der Waals surface area contributed by atoms with Crippen molar-refractivity contribution in [3.8, 4) is 0 Å². The van der Waals surface area contributed by atoms with E-state index >= 15 is 0 Å². The van der Waals surface area contributed by atoms with Crippen LogP contribution >= 0.6 is 8.69 Å². The molecular weight excluding hydrogens is 183 g/mol. The molecule has 0 fully saturated rings. The Bertz CT molecular complexity index is 125. The quantitative estimate of drug-likeness (QED) is 0.495. The van der Waals surface area contributed by atoms with E-state index in [9.17, 15) is 4.79 Å². The van der Waals surface area contributed by atoms with E-state index in [2.05, 4.69) is 4.74 Å². The lowest BCUT2D eigenvalue weighted by molar-refractivity contribution is -0.148. The average Bonchev–Trinajstić information content (AvgIpc) is 2.01. The number of ether oxygens (including phenoxy) is 1. The second kappa shape index (κ2) is 10.5. The summed E-state index contributed by atoms with van der Waals surface area (Å²) in [6.45, 7) is 3.51. The van der Waals surface area contributed by atoms with Gasteiger partial charge in [0.15, 0.2) is 0 Å². The van der Waals surface area contributed by atoms with E-state index in [-0.39, 0.29) is 25.1 Å². The molecule has 0 aliphatic carbocycles. The number of carbonyl (C=O) groups excluding carboxylic acids is 1. The molecule has 0 aliphatic heterocycles. The minimum absolute atomic E-state index is 0.0987. The third-order valence-corrected chi connectivity index (χ3v) is 0.807. The van der Waals surface area contributed by atoms with E-state index in [4.69, 9.17) is 14.6 Å². The molecule has 0 bridgehead atoms. The summed E-state index contributed by atoms with van der Waals surface area (Å²) in [5.41, 5.74) is 0. The second-order valence-corrected chi connectivity index (χ2v) is 2.32. The Morgan fingerprint density at radius 1 is 1.58 bits per heavy atom. The fraction of sp³-hybridized carbons (Fsp3) is 0.833. The average molecular weight is 197 g/mol. The minimum Gasteiger partial charge on any atom is -0.463 e. The fourth-order valence-corrected chi connectivity index (χ4v) is 0.313. The molecule has 0 saturated heterocycles. The summed E-state index contributed by atoms with van der Waals surface area (Å²) < 4.78 is 13.1. The van der Waals surface area contributed by atoms with Crippen LogP contribution in [0.1, 0.15) is 13.8 Å². The molecule has 2 N–H and O–H groups in total. The Morgan fingerprint density at radius 3 is 2.25 bits per heavy atom. The molecular formula is C6H14O5P+. The zero-order valence-corrected chi connectivity index (χ0v) is 8.11. The topological polar surface area (TPSA) is 83.8 Å². The number of hydrogen-bond acceptors (Lipinski definition) is 4. The van der Waals surface area contributed by atoms with Crippen LogP contribution in [0.15, 0.2) is 0 Å². The van der Waals surface area contributed by atoms with Gasteiger partial charge in [0, 0.05) is 0 Å². The largest absolute Gasteiger partial charge is 0.491 e. The van der Waals surface area contributed by atoms with Crippen LogP contribution in [0.4, 0.5) is 0 Å². The van der Waals surface area contributed by atoms with Gasteiger partial charge in [-0.3, -0.25) is 4.79 Å². The molecule has 12 heavy (non-hydrogen) atoms. The Morgan fingerprint density at radius 2 is 2.00 bits per heavy atom. The van der Waals surface area contributed by atoms with Crippen LogP contribution in [0, 0.1) is 5.92 Å². The highest BCUT2D eigenvalue weighted by Gasteiger charge is 2.06.